The van der Waals surface area contributed by atoms with Crippen molar-refractivity contribution in [3.05, 3.63) is 265 Å². The summed E-state index contributed by atoms with van der Waals surface area (Å²) in [5.41, 5.74) is 8.47. The van der Waals surface area contributed by atoms with Gasteiger partial charge in [0.25, 0.3) is 0 Å². The second-order valence-corrected chi connectivity index (χ2v) is 19.9. The van der Waals surface area contributed by atoms with E-state index in [1.165, 1.54) is 11.1 Å². The van der Waals surface area contributed by atoms with E-state index in [1.807, 2.05) is 72.8 Å². The van der Waals surface area contributed by atoms with Crippen LogP contribution in [0.1, 0.15) is 49.9 Å². The molecule has 7 heteroatoms. The summed E-state index contributed by atoms with van der Waals surface area (Å²) < 4.78 is 25.4. The summed E-state index contributed by atoms with van der Waals surface area (Å²) in [4.78, 5) is 8.24. The SMILES string of the molecule is COc1cc(N(c2cc(OC)cc(C(C)(C)c3ccccc3)c2)c2c[nH]c(N(c3ccc(Oc4cccc5ccccc45)cc3)c3ccc(Oc4cccc5ccccc45)cc3)c2)cc(C(C)(C)c2ccccc2)c1. The first kappa shape index (κ1) is 48.1. The van der Waals surface area contributed by atoms with Crippen LogP contribution in [0.5, 0.6) is 34.5 Å². The molecule has 0 saturated heterocycles. The van der Waals surface area contributed by atoms with E-state index < -0.39 is 0 Å². The van der Waals surface area contributed by atoms with Crippen molar-refractivity contribution in [3.63, 3.8) is 0 Å². The first-order chi connectivity index (χ1) is 36.5. The van der Waals surface area contributed by atoms with Gasteiger partial charge in [0.1, 0.15) is 40.3 Å². The molecule has 0 radical (unpaired) electrons. The monoisotopic (exact) mass is 981 g/mol. The molecule has 1 N–H and O–H groups in total. The van der Waals surface area contributed by atoms with E-state index in [0.717, 1.165) is 101 Å². The lowest BCUT2D eigenvalue weighted by molar-refractivity contribution is 0.413. The van der Waals surface area contributed by atoms with Gasteiger partial charge in [0.15, 0.2) is 0 Å². The van der Waals surface area contributed by atoms with Gasteiger partial charge >= 0.3 is 0 Å². The summed E-state index contributed by atoms with van der Waals surface area (Å²) in [5.74, 6) is 5.39. The molecule has 75 heavy (non-hydrogen) atoms. The molecule has 1 heterocycles. The molecule has 0 aliphatic heterocycles. The molecular weight excluding hydrogens is 923 g/mol. The van der Waals surface area contributed by atoms with Gasteiger partial charge in [-0.1, -0.05) is 161 Å². The highest BCUT2D eigenvalue weighted by Crippen LogP contribution is 2.47. The standard InChI is InChI=1S/C68H59N3O4/c1-67(2,49-23-9-7-10-24-49)51-39-55(43-60(41-51)72-5)70(56-40-52(42-61(44-56)73-6)68(3,4)50-25-11-8-12-26-50)57-45-66(69-46-57)71(53-31-35-58(36-32-53)74-64-29-17-21-47-19-13-15-27-62(47)64)54-33-37-59(38-34-54)75-65-30-18-22-48-20-14-16-28-63(48)65/h7-46,69H,1-6H3. The maximum Gasteiger partial charge on any atom is 0.135 e. The molecule has 11 rings (SSSR count). The summed E-state index contributed by atoms with van der Waals surface area (Å²) in [6.45, 7) is 9.06. The number of fused-ring (bicyclic) bond motifs is 2. The maximum atomic E-state index is 6.57. The molecule has 0 fully saturated rings. The highest BCUT2D eigenvalue weighted by atomic mass is 16.5. The number of rotatable bonds is 16. The predicted octanol–water partition coefficient (Wildman–Crippen LogP) is 18.5. The molecule has 0 bridgehead atoms. The van der Waals surface area contributed by atoms with Gasteiger partial charge in [-0.2, -0.15) is 0 Å². The zero-order valence-corrected chi connectivity index (χ0v) is 43.1. The molecule has 1 aromatic heterocycles. The van der Waals surface area contributed by atoms with Gasteiger partial charge in [0.2, 0.25) is 0 Å². The van der Waals surface area contributed by atoms with E-state index in [9.17, 15) is 0 Å². The number of hydrogen-bond acceptors (Lipinski definition) is 6. The third kappa shape index (κ3) is 9.76. The Hall–Kier alpha value is -9.20. The third-order valence-electron chi connectivity index (χ3n) is 14.5. The number of nitrogens with zero attached hydrogens (tertiary/aromatic N) is 2. The smallest absolute Gasteiger partial charge is 0.135 e. The molecule has 0 saturated carbocycles. The lowest BCUT2D eigenvalue weighted by atomic mass is 9.77. The van der Waals surface area contributed by atoms with Gasteiger partial charge in [-0.05, 0) is 118 Å². The lowest BCUT2D eigenvalue weighted by Gasteiger charge is -2.32. The van der Waals surface area contributed by atoms with Crippen LogP contribution in [0.3, 0.4) is 0 Å². The van der Waals surface area contributed by atoms with Crippen LogP contribution in [0.2, 0.25) is 0 Å². The molecule has 10 aromatic carbocycles. The van der Waals surface area contributed by atoms with Crippen LogP contribution < -0.4 is 28.7 Å². The Balaban J connectivity index is 1.04. The quantitative estimate of drug-likeness (QED) is 0.104. The van der Waals surface area contributed by atoms with Gasteiger partial charge < -0.3 is 28.8 Å². The zero-order chi connectivity index (χ0) is 51.5. The van der Waals surface area contributed by atoms with Crippen LogP contribution in [0.15, 0.2) is 243 Å². The number of methoxy groups -OCH3 is 2. The number of H-pyrrole nitrogens is 1. The van der Waals surface area contributed by atoms with Gasteiger partial charge in [0.05, 0.1) is 31.3 Å². The topological polar surface area (TPSA) is 59.2 Å². The Kier molecular flexibility index (Phi) is 13.1. The van der Waals surface area contributed by atoms with Crippen LogP contribution in [-0.4, -0.2) is 19.2 Å². The summed E-state index contributed by atoms with van der Waals surface area (Å²) >= 11 is 0. The number of aromatic nitrogens is 1. The van der Waals surface area contributed by atoms with Crippen molar-refractivity contribution in [1.29, 1.82) is 0 Å². The molecule has 370 valence electrons. The number of benzene rings is 10. The van der Waals surface area contributed by atoms with Crippen LogP contribution >= 0.6 is 0 Å². The summed E-state index contributed by atoms with van der Waals surface area (Å²) in [5, 5.41) is 4.35. The summed E-state index contributed by atoms with van der Waals surface area (Å²) in [6, 6.07) is 81.9. The molecule has 0 atom stereocenters. The minimum atomic E-state index is -0.363. The summed E-state index contributed by atoms with van der Waals surface area (Å²) in [7, 11) is 3.47. The van der Waals surface area contributed by atoms with E-state index in [0.29, 0.717) is 0 Å². The lowest BCUT2D eigenvalue weighted by Crippen LogP contribution is -2.21. The molecule has 11 aromatic rings. The largest absolute Gasteiger partial charge is 0.497 e. The Bertz CT molecular complexity index is 3520. The van der Waals surface area contributed by atoms with Crippen molar-refractivity contribution in [2.45, 2.75) is 38.5 Å². The first-order valence-electron chi connectivity index (χ1n) is 25.4. The zero-order valence-electron chi connectivity index (χ0n) is 43.1. The van der Waals surface area contributed by atoms with Crippen molar-refractivity contribution in [2.75, 3.05) is 24.0 Å². The molecule has 0 aliphatic rings. The molecule has 0 unspecified atom stereocenters. The van der Waals surface area contributed by atoms with E-state index in [2.05, 4.69) is 212 Å². The van der Waals surface area contributed by atoms with Crippen molar-refractivity contribution in [2.24, 2.45) is 0 Å². The fraction of sp³-hybridized carbons (Fsp3) is 0.118. The second-order valence-electron chi connectivity index (χ2n) is 19.9. The predicted molar refractivity (Wildman–Crippen MR) is 308 cm³/mol. The number of nitrogens with one attached hydrogen (secondary N) is 1. The molecule has 0 spiro atoms. The van der Waals surface area contributed by atoms with Crippen molar-refractivity contribution in [3.8, 4) is 34.5 Å². The average molecular weight is 982 g/mol. The minimum Gasteiger partial charge on any atom is -0.497 e. The minimum absolute atomic E-state index is 0.363. The fourth-order valence-corrected chi connectivity index (χ4v) is 10.1. The number of ether oxygens (including phenoxy) is 4. The van der Waals surface area contributed by atoms with Crippen LogP contribution in [0, 0.1) is 0 Å². The molecule has 7 nitrogen and oxygen atoms in total. The Labute approximate surface area is 439 Å². The first-order valence-corrected chi connectivity index (χ1v) is 25.4. The van der Waals surface area contributed by atoms with Gasteiger partial charge in [-0.25, -0.2) is 0 Å². The highest BCUT2D eigenvalue weighted by Gasteiger charge is 2.29. The number of anilines is 6. The Morgan fingerprint density at radius 1 is 0.333 bits per heavy atom. The van der Waals surface area contributed by atoms with Gasteiger partial charge in [0, 0.05) is 57.4 Å². The second kappa shape index (κ2) is 20.4. The highest BCUT2D eigenvalue weighted by molar-refractivity contribution is 5.90. The summed E-state index contributed by atoms with van der Waals surface area (Å²) in [6.07, 6.45) is 2.07. The van der Waals surface area contributed by atoms with E-state index in [-0.39, 0.29) is 10.8 Å². The maximum absolute atomic E-state index is 6.57. The fourth-order valence-electron chi connectivity index (χ4n) is 10.1. The Morgan fingerprint density at radius 3 is 1.19 bits per heavy atom. The van der Waals surface area contributed by atoms with Crippen molar-refractivity contribution < 1.29 is 18.9 Å². The number of hydrogen-bond donors (Lipinski definition) is 1. The Morgan fingerprint density at radius 2 is 0.747 bits per heavy atom. The van der Waals surface area contributed by atoms with E-state index in [4.69, 9.17) is 18.9 Å². The normalized spacial score (nSPS) is 11.6. The van der Waals surface area contributed by atoms with Crippen LogP contribution in [0.25, 0.3) is 21.5 Å². The molecule has 0 amide bonds. The van der Waals surface area contributed by atoms with Crippen molar-refractivity contribution in [1.82, 2.24) is 4.98 Å². The van der Waals surface area contributed by atoms with E-state index in [1.54, 1.807) is 14.2 Å². The molecule has 0 aliphatic carbocycles. The van der Waals surface area contributed by atoms with Gasteiger partial charge in [-0.15, -0.1) is 0 Å². The average Bonchev–Trinajstić information content (AvgIpc) is 3.93. The van der Waals surface area contributed by atoms with Gasteiger partial charge in [-0.3, -0.25) is 4.90 Å². The van der Waals surface area contributed by atoms with Crippen LogP contribution in [-0.2, 0) is 10.8 Å². The third-order valence-corrected chi connectivity index (χ3v) is 14.5. The number of aromatic amines is 1. The van der Waals surface area contributed by atoms with Crippen LogP contribution in [0.4, 0.5) is 34.3 Å². The van der Waals surface area contributed by atoms with E-state index >= 15 is 0 Å². The molecular formula is C68H59N3O4. The van der Waals surface area contributed by atoms with Crippen molar-refractivity contribution >= 4 is 55.8 Å².